The van der Waals surface area contributed by atoms with Crippen LogP contribution in [0.25, 0.3) is 0 Å². The van der Waals surface area contributed by atoms with Gasteiger partial charge in [-0.3, -0.25) is 9.69 Å². The number of carbonyl (C=O) groups excluding carboxylic acids is 1. The lowest BCUT2D eigenvalue weighted by Crippen LogP contribution is -2.51. The van der Waals surface area contributed by atoms with Crippen molar-refractivity contribution in [3.8, 4) is 5.75 Å². The van der Waals surface area contributed by atoms with Crippen molar-refractivity contribution in [2.24, 2.45) is 0 Å². The van der Waals surface area contributed by atoms with Crippen LogP contribution in [0.3, 0.4) is 0 Å². The highest BCUT2D eigenvalue weighted by Crippen LogP contribution is 2.38. The number of nitrogens with zero attached hydrogens (tertiary/aromatic N) is 2. The zero-order valence-electron chi connectivity index (χ0n) is 16.4. The van der Waals surface area contributed by atoms with E-state index in [0.717, 1.165) is 16.9 Å². The number of allylic oxidation sites excluding steroid dienone is 1. The number of benzene rings is 1. The van der Waals surface area contributed by atoms with E-state index in [-0.39, 0.29) is 11.9 Å². The molecule has 1 fully saturated rings. The SMILES string of the molecule is COc1ccccc1N1C(=S)N[C@H](c2ccsc2)C(C(=O)N2CCOCC2)=C1C. The largest absolute Gasteiger partial charge is 0.495 e. The van der Waals surface area contributed by atoms with Crippen LogP contribution < -0.4 is 15.0 Å². The second-order valence-electron chi connectivity index (χ2n) is 6.85. The number of ether oxygens (including phenoxy) is 2. The number of para-hydroxylation sites is 2. The highest BCUT2D eigenvalue weighted by atomic mass is 32.1. The van der Waals surface area contributed by atoms with Gasteiger partial charge in [-0.25, -0.2) is 0 Å². The van der Waals surface area contributed by atoms with Gasteiger partial charge in [0.05, 0.1) is 37.6 Å². The maximum atomic E-state index is 13.6. The van der Waals surface area contributed by atoms with Crippen LogP contribution in [-0.4, -0.2) is 49.3 Å². The second kappa shape index (κ2) is 8.52. The Balaban J connectivity index is 1.82. The molecule has 2 aliphatic heterocycles. The van der Waals surface area contributed by atoms with Crippen LogP contribution in [0.4, 0.5) is 5.69 Å². The van der Waals surface area contributed by atoms with Gasteiger partial charge in [-0.15, -0.1) is 0 Å². The second-order valence-corrected chi connectivity index (χ2v) is 8.02. The molecule has 1 N–H and O–H groups in total. The lowest BCUT2D eigenvalue weighted by atomic mass is 9.95. The van der Waals surface area contributed by atoms with Crippen LogP contribution >= 0.6 is 23.6 Å². The van der Waals surface area contributed by atoms with Gasteiger partial charge in [-0.1, -0.05) is 12.1 Å². The molecule has 0 aliphatic carbocycles. The third-order valence-corrected chi connectivity index (χ3v) is 6.22. The smallest absolute Gasteiger partial charge is 0.254 e. The molecule has 1 saturated heterocycles. The highest BCUT2D eigenvalue weighted by Gasteiger charge is 2.37. The molecule has 3 heterocycles. The van der Waals surface area contributed by atoms with E-state index < -0.39 is 0 Å². The number of carbonyl (C=O) groups is 1. The number of thiocarbonyl (C=S) groups is 1. The van der Waals surface area contributed by atoms with Crippen LogP contribution in [0.15, 0.2) is 52.4 Å². The molecule has 1 atom stereocenters. The molecule has 0 saturated carbocycles. The molecule has 152 valence electrons. The Labute approximate surface area is 179 Å². The first-order valence-electron chi connectivity index (χ1n) is 9.45. The lowest BCUT2D eigenvalue weighted by Gasteiger charge is -2.40. The van der Waals surface area contributed by atoms with Gasteiger partial charge < -0.3 is 19.7 Å². The summed E-state index contributed by atoms with van der Waals surface area (Å²) in [6.45, 7) is 4.25. The van der Waals surface area contributed by atoms with Gasteiger partial charge in [0, 0.05) is 18.8 Å². The fraction of sp³-hybridized carbons (Fsp3) is 0.333. The van der Waals surface area contributed by atoms with E-state index in [1.807, 2.05) is 52.4 Å². The predicted molar refractivity (Wildman–Crippen MR) is 118 cm³/mol. The number of rotatable bonds is 4. The molecule has 1 aromatic heterocycles. The van der Waals surface area contributed by atoms with Crippen LogP contribution in [0, 0.1) is 0 Å². The first-order chi connectivity index (χ1) is 14.1. The molecule has 4 rings (SSSR count). The summed E-state index contributed by atoms with van der Waals surface area (Å²) in [6.07, 6.45) is 0. The van der Waals surface area contributed by atoms with Gasteiger partial charge in [-0.2, -0.15) is 11.3 Å². The van der Waals surface area contributed by atoms with Gasteiger partial charge in [0.1, 0.15) is 5.75 Å². The molecule has 2 aliphatic rings. The Morgan fingerprint density at radius 3 is 2.72 bits per heavy atom. The van der Waals surface area contributed by atoms with Gasteiger partial charge >= 0.3 is 0 Å². The maximum Gasteiger partial charge on any atom is 0.254 e. The van der Waals surface area contributed by atoms with E-state index >= 15 is 0 Å². The summed E-state index contributed by atoms with van der Waals surface area (Å²) in [5.74, 6) is 0.708. The van der Waals surface area contributed by atoms with Crippen molar-refractivity contribution < 1.29 is 14.3 Å². The third-order valence-electron chi connectivity index (χ3n) is 5.22. The van der Waals surface area contributed by atoms with E-state index in [1.54, 1.807) is 18.4 Å². The van der Waals surface area contributed by atoms with Crippen LogP contribution in [0.1, 0.15) is 18.5 Å². The summed E-state index contributed by atoms with van der Waals surface area (Å²) in [6, 6.07) is 9.43. The Morgan fingerprint density at radius 2 is 2.03 bits per heavy atom. The number of amides is 1. The highest BCUT2D eigenvalue weighted by molar-refractivity contribution is 7.80. The van der Waals surface area contributed by atoms with Crippen molar-refractivity contribution in [2.75, 3.05) is 38.3 Å². The van der Waals surface area contributed by atoms with Gasteiger partial charge in [-0.05, 0) is 53.7 Å². The molecule has 6 nitrogen and oxygen atoms in total. The maximum absolute atomic E-state index is 13.6. The fourth-order valence-corrected chi connectivity index (χ4v) is 4.79. The number of thiophene rings is 1. The minimum Gasteiger partial charge on any atom is -0.495 e. The standard InChI is InChI=1S/C21H23N3O3S2/c1-14-18(20(25)23-8-10-27-11-9-23)19(15-7-12-29-13-15)22-21(28)24(14)16-5-3-4-6-17(16)26-2/h3-7,12-13,19H,8-11H2,1-2H3,(H,22,28)/t19-/m1/s1. The van der Waals surface area contributed by atoms with Crippen molar-refractivity contribution in [3.63, 3.8) is 0 Å². The summed E-state index contributed by atoms with van der Waals surface area (Å²) in [4.78, 5) is 17.3. The van der Waals surface area contributed by atoms with Crippen molar-refractivity contribution in [2.45, 2.75) is 13.0 Å². The summed E-state index contributed by atoms with van der Waals surface area (Å²) in [5, 5.41) is 8.00. The third kappa shape index (κ3) is 3.75. The molecule has 1 aromatic carbocycles. The number of nitrogens with one attached hydrogen (secondary N) is 1. The van der Waals surface area contributed by atoms with Gasteiger partial charge in [0.25, 0.3) is 5.91 Å². The molecule has 0 spiro atoms. The summed E-state index contributed by atoms with van der Waals surface area (Å²) >= 11 is 7.33. The summed E-state index contributed by atoms with van der Waals surface area (Å²) < 4.78 is 11.0. The average Bonchev–Trinajstić information content (AvgIpc) is 3.29. The fourth-order valence-electron chi connectivity index (χ4n) is 3.75. The van der Waals surface area contributed by atoms with Crippen LogP contribution in [0.5, 0.6) is 5.75 Å². The molecule has 1 amide bonds. The molecule has 0 bridgehead atoms. The molecule has 0 radical (unpaired) electrons. The zero-order valence-corrected chi connectivity index (χ0v) is 18.0. The minimum absolute atomic E-state index is 0.0110. The Kier molecular flexibility index (Phi) is 5.84. The normalized spacial score (nSPS) is 19.9. The number of hydrogen-bond acceptors (Lipinski definition) is 5. The Hall–Kier alpha value is -2.42. The first kappa shape index (κ1) is 19.9. The van der Waals surface area contributed by atoms with Crippen molar-refractivity contribution in [1.29, 1.82) is 0 Å². The Bertz CT molecular complexity index is 936. The van der Waals surface area contributed by atoms with E-state index in [9.17, 15) is 4.79 Å². The average molecular weight is 430 g/mol. The van der Waals surface area contributed by atoms with E-state index in [1.165, 1.54) is 0 Å². The predicted octanol–water partition coefficient (Wildman–Crippen LogP) is 3.33. The van der Waals surface area contributed by atoms with Crippen LogP contribution in [-0.2, 0) is 9.53 Å². The molecule has 0 unspecified atom stereocenters. The van der Waals surface area contributed by atoms with Gasteiger partial charge in [0.15, 0.2) is 5.11 Å². The zero-order chi connectivity index (χ0) is 20.4. The van der Waals surface area contributed by atoms with E-state index in [4.69, 9.17) is 21.7 Å². The number of morpholine rings is 1. The van der Waals surface area contributed by atoms with Crippen molar-refractivity contribution in [3.05, 3.63) is 57.9 Å². The van der Waals surface area contributed by atoms with E-state index in [0.29, 0.717) is 42.7 Å². The van der Waals surface area contributed by atoms with Crippen LogP contribution in [0.2, 0.25) is 0 Å². The molecular weight excluding hydrogens is 406 g/mol. The van der Waals surface area contributed by atoms with Crippen molar-refractivity contribution >= 4 is 40.3 Å². The Morgan fingerprint density at radius 1 is 1.28 bits per heavy atom. The summed E-state index contributed by atoms with van der Waals surface area (Å²) in [5.41, 5.74) is 3.35. The first-order valence-corrected chi connectivity index (χ1v) is 10.8. The van der Waals surface area contributed by atoms with Gasteiger partial charge in [0.2, 0.25) is 0 Å². The number of hydrogen-bond donors (Lipinski definition) is 1. The van der Waals surface area contributed by atoms with Crippen molar-refractivity contribution in [1.82, 2.24) is 10.2 Å². The molecule has 8 heteroatoms. The topological polar surface area (TPSA) is 54.0 Å². The lowest BCUT2D eigenvalue weighted by molar-refractivity contribution is -0.131. The van der Waals surface area contributed by atoms with E-state index in [2.05, 4.69) is 10.7 Å². The molecule has 29 heavy (non-hydrogen) atoms. The minimum atomic E-state index is -0.282. The monoisotopic (exact) mass is 429 g/mol. The number of methoxy groups -OCH3 is 1. The number of anilines is 1. The molecule has 2 aromatic rings. The summed E-state index contributed by atoms with van der Waals surface area (Å²) in [7, 11) is 1.63. The molecular formula is C21H23N3O3S2. The quantitative estimate of drug-likeness (QED) is 0.753.